The first-order chi connectivity index (χ1) is 11.7. The number of carbonyl (C=O) groups is 1. The molecule has 2 aromatic rings. The van der Waals surface area contributed by atoms with Crippen LogP contribution < -0.4 is 15.4 Å². The van der Waals surface area contributed by atoms with E-state index < -0.39 is 0 Å². The summed E-state index contributed by atoms with van der Waals surface area (Å²) in [5.41, 5.74) is 2.30. The fraction of sp³-hybridized carbons (Fsp3) is 0.444. The van der Waals surface area contributed by atoms with Crippen molar-refractivity contribution < 1.29 is 9.53 Å². The first kappa shape index (κ1) is 16.8. The van der Waals surface area contributed by atoms with Crippen LogP contribution in [-0.4, -0.2) is 30.7 Å². The van der Waals surface area contributed by atoms with Gasteiger partial charge in [0.05, 0.1) is 17.8 Å². The molecule has 1 aromatic heterocycles. The number of benzene rings is 1. The second-order valence-corrected chi connectivity index (χ2v) is 6.90. The molecule has 3 rings (SSSR count). The van der Waals surface area contributed by atoms with Gasteiger partial charge in [-0.15, -0.1) is 11.3 Å². The van der Waals surface area contributed by atoms with E-state index in [-0.39, 0.29) is 12.1 Å². The molecular formula is C18H23N3O2S. The first-order valence-corrected chi connectivity index (χ1v) is 9.19. The molecule has 1 saturated carbocycles. The Labute approximate surface area is 146 Å². The summed E-state index contributed by atoms with van der Waals surface area (Å²) in [5.74, 6) is 1.27. The Hall–Kier alpha value is -2.08. The monoisotopic (exact) mass is 345 g/mol. The molecule has 5 nitrogen and oxygen atoms in total. The van der Waals surface area contributed by atoms with Crippen molar-refractivity contribution in [2.45, 2.75) is 38.1 Å². The maximum atomic E-state index is 12.0. The molecule has 128 valence electrons. The lowest BCUT2D eigenvalue weighted by molar-refractivity contribution is 0.240. The first-order valence-electron chi connectivity index (χ1n) is 8.31. The molecule has 0 saturated heterocycles. The van der Waals surface area contributed by atoms with E-state index in [1.807, 2.05) is 12.1 Å². The second-order valence-electron chi connectivity index (χ2n) is 5.96. The van der Waals surface area contributed by atoms with E-state index in [9.17, 15) is 4.79 Å². The van der Waals surface area contributed by atoms with Crippen molar-refractivity contribution in [2.75, 3.05) is 13.7 Å². The van der Waals surface area contributed by atoms with Crippen LogP contribution in [0.15, 0.2) is 29.6 Å². The summed E-state index contributed by atoms with van der Waals surface area (Å²) < 4.78 is 5.17. The third-order valence-electron chi connectivity index (χ3n) is 4.22. The van der Waals surface area contributed by atoms with Gasteiger partial charge in [0.1, 0.15) is 5.75 Å². The molecule has 6 heteroatoms. The molecule has 0 radical (unpaired) electrons. The Kier molecular flexibility index (Phi) is 5.35. The number of hydrogen-bond donors (Lipinski definition) is 2. The summed E-state index contributed by atoms with van der Waals surface area (Å²) in [5, 5.41) is 9.17. The maximum Gasteiger partial charge on any atom is 0.315 e. The number of aromatic nitrogens is 1. The molecule has 0 aliphatic heterocycles. The van der Waals surface area contributed by atoms with Crippen LogP contribution in [0.2, 0.25) is 0 Å². The van der Waals surface area contributed by atoms with Gasteiger partial charge in [-0.1, -0.05) is 19.1 Å². The van der Waals surface area contributed by atoms with Crippen LogP contribution in [0.25, 0.3) is 0 Å². The highest BCUT2D eigenvalue weighted by Gasteiger charge is 2.39. The van der Waals surface area contributed by atoms with Crippen LogP contribution in [0.1, 0.15) is 35.5 Å². The highest BCUT2D eigenvalue weighted by Crippen LogP contribution is 2.41. The smallest absolute Gasteiger partial charge is 0.315 e. The fourth-order valence-electron chi connectivity index (χ4n) is 2.72. The lowest BCUT2D eigenvalue weighted by atomic mass is 10.1. The minimum Gasteiger partial charge on any atom is -0.497 e. The van der Waals surface area contributed by atoms with Crippen molar-refractivity contribution in [3.8, 4) is 5.75 Å². The molecule has 2 N–H and O–H groups in total. The zero-order valence-corrected chi connectivity index (χ0v) is 14.9. The third kappa shape index (κ3) is 4.26. The van der Waals surface area contributed by atoms with Crippen LogP contribution in [0.5, 0.6) is 5.75 Å². The zero-order chi connectivity index (χ0) is 16.9. The Morgan fingerprint density at radius 3 is 2.83 bits per heavy atom. The lowest BCUT2D eigenvalue weighted by Crippen LogP contribution is -2.38. The Morgan fingerprint density at radius 2 is 2.17 bits per heavy atom. The van der Waals surface area contributed by atoms with Crippen LogP contribution in [0, 0.1) is 0 Å². The van der Waals surface area contributed by atoms with E-state index in [1.54, 1.807) is 18.4 Å². The van der Waals surface area contributed by atoms with Crippen molar-refractivity contribution >= 4 is 17.4 Å². The summed E-state index contributed by atoms with van der Waals surface area (Å²) in [4.78, 5) is 16.5. The molecule has 0 spiro atoms. The Morgan fingerprint density at radius 1 is 1.38 bits per heavy atom. The van der Waals surface area contributed by atoms with Crippen LogP contribution in [0.3, 0.4) is 0 Å². The van der Waals surface area contributed by atoms with Gasteiger partial charge >= 0.3 is 6.03 Å². The number of thiazole rings is 1. The van der Waals surface area contributed by atoms with Gasteiger partial charge in [-0.3, -0.25) is 0 Å². The largest absolute Gasteiger partial charge is 0.497 e. The van der Waals surface area contributed by atoms with Gasteiger partial charge in [0.2, 0.25) is 0 Å². The molecule has 0 unspecified atom stereocenters. The number of nitrogens with one attached hydrogen (secondary N) is 2. The Balaban J connectivity index is 1.38. The summed E-state index contributed by atoms with van der Waals surface area (Å²) >= 11 is 1.68. The molecule has 1 fully saturated rings. The number of nitrogens with zero attached hydrogens (tertiary/aromatic N) is 1. The quantitative estimate of drug-likeness (QED) is 0.810. The molecule has 0 bridgehead atoms. The average molecular weight is 345 g/mol. The fourth-order valence-corrected chi connectivity index (χ4v) is 3.50. The van der Waals surface area contributed by atoms with Gasteiger partial charge in [0.25, 0.3) is 0 Å². The van der Waals surface area contributed by atoms with Gasteiger partial charge in [-0.2, -0.15) is 0 Å². The highest BCUT2D eigenvalue weighted by atomic mass is 32.1. The predicted molar refractivity (Wildman–Crippen MR) is 95.9 cm³/mol. The molecule has 2 amide bonds. The average Bonchev–Trinajstić information content (AvgIpc) is 3.20. The number of ether oxygens (including phenoxy) is 1. The highest BCUT2D eigenvalue weighted by molar-refractivity contribution is 7.09. The zero-order valence-electron chi connectivity index (χ0n) is 14.0. The van der Waals surface area contributed by atoms with Gasteiger partial charge in [0, 0.05) is 30.3 Å². The van der Waals surface area contributed by atoms with E-state index in [0.717, 1.165) is 35.7 Å². The minimum absolute atomic E-state index is 0.0954. The number of urea groups is 1. The van der Waals surface area contributed by atoms with Gasteiger partial charge in [-0.25, -0.2) is 9.78 Å². The number of carbonyl (C=O) groups excluding carboxylic acids is 1. The molecule has 24 heavy (non-hydrogen) atoms. The topological polar surface area (TPSA) is 63.2 Å². The number of hydrogen-bond acceptors (Lipinski definition) is 4. The van der Waals surface area contributed by atoms with E-state index in [1.165, 1.54) is 5.56 Å². The van der Waals surface area contributed by atoms with Gasteiger partial charge in [0.15, 0.2) is 0 Å². The summed E-state index contributed by atoms with van der Waals surface area (Å²) in [6, 6.07) is 8.19. The lowest BCUT2D eigenvalue weighted by Gasteiger charge is -2.07. The van der Waals surface area contributed by atoms with Crippen molar-refractivity contribution in [3.63, 3.8) is 0 Å². The number of rotatable bonds is 7. The molecule has 1 aromatic carbocycles. The van der Waals surface area contributed by atoms with E-state index >= 15 is 0 Å². The van der Waals surface area contributed by atoms with Crippen molar-refractivity contribution in [1.29, 1.82) is 0 Å². The maximum absolute atomic E-state index is 12.0. The van der Waals surface area contributed by atoms with Crippen LogP contribution >= 0.6 is 11.3 Å². The minimum atomic E-state index is -0.0954. The number of amides is 2. The molecule has 1 aliphatic rings. The summed E-state index contributed by atoms with van der Waals surface area (Å²) in [6.45, 7) is 2.71. The van der Waals surface area contributed by atoms with Gasteiger partial charge < -0.3 is 15.4 Å². The number of aryl methyl sites for hydroxylation is 1. The van der Waals surface area contributed by atoms with E-state index in [0.29, 0.717) is 12.5 Å². The van der Waals surface area contributed by atoms with Crippen molar-refractivity contribution in [1.82, 2.24) is 15.6 Å². The molecule has 1 aliphatic carbocycles. The van der Waals surface area contributed by atoms with Gasteiger partial charge in [-0.05, 0) is 30.5 Å². The Bertz CT molecular complexity index is 684. The predicted octanol–water partition coefficient (Wildman–Crippen LogP) is 3.11. The second kappa shape index (κ2) is 7.66. The third-order valence-corrected chi connectivity index (χ3v) is 5.26. The normalized spacial score (nSPS) is 18.9. The summed E-state index contributed by atoms with van der Waals surface area (Å²) in [7, 11) is 1.66. The number of methoxy groups -OCH3 is 1. The SMILES string of the molecule is CCc1nc(CCNC(=O)N[C@@H]2C[C@@H]2c2ccc(OC)cc2)cs1. The molecular weight excluding hydrogens is 322 g/mol. The van der Waals surface area contributed by atoms with Crippen molar-refractivity contribution in [2.24, 2.45) is 0 Å². The molecule has 2 atom stereocenters. The standard InChI is InChI=1S/C18H23N3O2S/c1-3-17-20-13(11-24-17)8-9-19-18(22)21-16-10-15(16)12-4-6-14(23-2)7-5-12/h4-7,11,15-16H,3,8-10H2,1-2H3,(H2,19,21,22)/t15-,16-/m1/s1. The van der Waals surface area contributed by atoms with E-state index in [2.05, 4.69) is 40.1 Å². The van der Waals surface area contributed by atoms with E-state index in [4.69, 9.17) is 4.74 Å². The summed E-state index contributed by atoms with van der Waals surface area (Å²) in [6.07, 6.45) is 2.73. The van der Waals surface area contributed by atoms with Crippen molar-refractivity contribution in [3.05, 3.63) is 45.9 Å². The molecule has 1 heterocycles. The van der Waals surface area contributed by atoms with Crippen LogP contribution in [-0.2, 0) is 12.8 Å². The van der Waals surface area contributed by atoms with Crippen LogP contribution in [0.4, 0.5) is 4.79 Å².